The van der Waals surface area contributed by atoms with Crippen LogP contribution in [0, 0.1) is 0 Å². The molecule has 0 N–H and O–H groups in total. The minimum atomic E-state index is 0.856. The molecule has 0 unspecified atom stereocenters. The van der Waals surface area contributed by atoms with Gasteiger partial charge >= 0.3 is 0 Å². The number of allylic oxidation sites excluding steroid dienone is 10. The first-order chi connectivity index (χ1) is 21.7. The molecule has 0 radical (unpaired) electrons. The maximum absolute atomic E-state index is 5.03. The number of imidazole rings is 1. The van der Waals surface area contributed by atoms with Crippen molar-refractivity contribution in [2.45, 2.75) is 20.3 Å². The van der Waals surface area contributed by atoms with Crippen molar-refractivity contribution >= 4 is 27.4 Å². The van der Waals surface area contributed by atoms with Crippen LogP contribution in [-0.4, -0.2) is 9.55 Å². The first kappa shape index (κ1) is 27.4. The predicted molar refractivity (Wildman–Crippen MR) is 188 cm³/mol. The second-order valence-corrected chi connectivity index (χ2v) is 11.2. The molecule has 0 fully saturated rings. The summed E-state index contributed by atoms with van der Waals surface area (Å²) in [5, 5.41) is 2.55. The maximum atomic E-state index is 5.03. The molecule has 44 heavy (non-hydrogen) atoms. The van der Waals surface area contributed by atoms with E-state index in [1.165, 1.54) is 44.2 Å². The summed E-state index contributed by atoms with van der Waals surface area (Å²) in [7, 11) is 0. The standard InChI is InChI=1S/C42H34N2/c1-3-4-6-15-31-16-9-11-21-37-38(29-34-19-10-12-20-36(34)41(37)30(2)28-31)32-24-26-35(27-25-32)44-40-23-14-13-22-39(40)43-42(44)33-17-7-5-8-18-33/h3-20,22-29H,21H2,1-2H3/b4-3-,11-9+,15-6-,30-28+,31-16?. The van der Waals surface area contributed by atoms with Gasteiger partial charge in [0, 0.05) is 11.3 Å². The van der Waals surface area contributed by atoms with Gasteiger partial charge in [-0.05, 0) is 94.8 Å². The SMILES string of the molecule is C/C=C\C=C/C1=C/C=C/Cc2c(-c3ccc(-n4c(-c5ccccc5)nc5ccccc54)cc3)cc3ccccc3c2/C(C)=C/1. The van der Waals surface area contributed by atoms with Crippen LogP contribution in [0.25, 0.3) is 55.6 Å². The Balaban J connectivity index is 1.38. The Hall–Kier alpha value is -5.47. The van der Waals surface area contributed by atoms with Crippen molar-refractivity contribution < 1.29 is 0 Å². The normalized spacial score (nSPS) is 15.5. The summed E-state index contributed by atoms with van der Waals surface area (Å²) in [6, 6.07) is 38.9. The molecule has 2 heteroatoms. The monoisotopic (exact) mass is 566 g/mol. The van der Waals surface area contributed by atoms with E-state index < -0.39 is 0 Å². The number of benzene rings is 5. The number of para-hydroxylation sites is 2. The quantitative estimate of drug-likeness (QED) is 0.190. The molecule has 212 valence electrons. The summed E-state index contributed by atoms with van der Waals surface area (Å²) < 4.78 is 2.27. The summed E-state index contributed by atoms with van der Waals surface area (Å²) in [6.45, 7) is 4.29. The average Bonchev–Trinajstić information content (AvgIpc) is 3.49. The molecule has 1 aromatic heterocycles. The van der Waals surface area contributed by atoms with E-state index in [9.17, 15) is 0 Å². The van der Waals surface area contributed by atoms with Gasteiger partial charge in [-0.25, -0.2) is 4.98 Å². The molecule has 0 amide bonds. The maximum Gasteiger partial charge on any atom is 0.145 e. The number of fused-ring (bicyclic) bond motifs is 4. The molecule has 7 rings (SSSR count). The zero-order valence-corrected chi connectivity index (χ0v) is 25.1. The Morgan fingerprint density at radius 2 is 1.55 bits per heavy atom. The fourth-order valence-corrected chi connectivity index (χ4v) is 6.29. The summed E-state index contributed by atoms with van der Waals surface area (Å²) in [6.07, 6.45) is 18.2. The van der Waals surface area contributed by atoms with Gasteiger partial charge in [-0.2, -0.15) is 0 Å². The third kappa shape index (κ3) is 5.16. The molecule has 1 heterocycles. The molecular formula is C42H34N2. The number of hydrogen-bond donors (Lipinski definition) is 0. The summed E-state index contributed by atoms with van der Waals surface area (Å²) in [5.41, 5.74) is 11.9. The Labute approximate surface area is 259 Å². The van der Waals surface area contributed by atoms with Gasteiger partial charge in [0.2, 0.25) is 0 Å². The topological polar surface area (TPSA) is 17.8 Å². The first-order valence-corrected chi connectivity index (χ1v) is 15.2. The minimum absolute atomic E-state index is 0.856. The van der Waals surface area contributed by atoms with E-state index in [0.29, 0.717) is 0 Å². The fraction of sp³-hybridized carbons (Fsp3) is 0.0714. The third-order valence-electron chi connectivity index (χ3n) is 8.30. The van der Waals surface area contributed by atoms with Crippen LogP contribution in [-0.2, 0) is 6.42 Å². The van der Waals surface area contributed by atoms with E-state index in [1.54, 1.807) is 0 Å². The molecule has 0 saturated heterocycles. The van der Waals surface area contributed by atoms with E-state index >= 15 is 0 Å². The smallest absolute Gasteiger partial charge is 0.145 e. The molecule has 1 aliphatic carbocycles. The van der Waals surface area contributed by atoms with Crippen LogP contribution in [0.15, 0.2) is 163 Å². The van der Waals surface area contributed by atoms with Crippen LogP contribution in [0.3, 0.4) is 0 Å². The number of rotatable bonds is 5. The molecule has 0 saturated carbocycles. The Kier molecular flexibility index (Phi) is 7.48. The van der Waals surface area contributed by atoms with Gasteiger partial charge in [0.25, 0.3) is 0 Å². The minimum Gasteiger partial charge on any atom is -0.292 e. The van der Waals surface area contributed by atoms with Gasteiger partial charge in [0.1, 0.15) is 5.82 Å². The first-order valence-electron chi connectivity index (χ1n) is 15.2. The highest BCUT2D eigenvalue weighted by molar-refractivity contribution is 6.00. The number of hydrogen-bond acceptors (Lipinski definition) is 1. The lowest BCUT2D eigenvalue weighted by molar-refractivity contribution is 1.10. The van der Waals surface area contributed by atoms with Crippen molar-refractivity contribution in [1.29, 1.82) is 0 Å². The Morgan fingerprint density at radius 3 is 2.39 bits per heavy atom. The van der Waals surface area contributed by atoms with Crippen molar-refractivity contribution in [1.82, 2.24) is 9.55 Å². The van der Waals surface area contributed by atoms with Crippen LogP contribution >= 0.6 is 0 Å². The highest BCUT2D eigenvalue weighted by Crippen LogP contribution is 2.39. The fourth-order valence-electron chi connectivity index (χ4n) is 6.29. The zero-order chi connectivity index (χ0) is 29.9. The van der Waals surface area contributed by atoms with Crippen LogP contribution in [0.4, 0.5) is 0 Å². The van der Waals surface area contributed by atoms with E-state index in [-0.39, 0.29) is 0 Å². The van der Waals surface area contributed by atoms with Gasteiger partial charge in [-0.15, -0.1) is 0 Å². The highest BCUT2D eigenvalue weighted by Gasteiger charge is 2.18. The Morgan fingerprint density at radius 1 is 0.773 bits per heavy atom. The molecule has 2 nitrogen and oxygen atoms in total. The van der Waals surface area contributed by atoms with Crippen molar-refractivity contribution in [2.24, 2.45) is 0 Å². The van der Waals surface area contributed by atoms with Crippen LogP contribution < -0.4 is 0 Å². The molecule has 0 bridgehead atoms. The van der Waals surface area contributed by atoms with Crippen molar-refractivity contribution in [3.05, 3.63) is 175 Å². The summed E-state index contributed by atoms with van der Waals surface area (Å²) >= 11 is 0. The second-order valence-electron chi connectivity index (χ2n) is 11.2. The van der Waals surface area contributed by atoms with E-state index in [2.05, 4.69) is 163 Å². The molecule has 0 spiro atoms. The largest absolute Gasteiger partial charge is 0.292 e. The van der Waals surface area contributed by atoms with Gasteiger partial charge in [-0.3, -0.25) is 4.57 Å². The molecular weight excluding hydrogens is 532 g/mol. The second kappa shape index (κ2) is 12.0. The van der Waals surface area contributed by atoms with E-state index in [1.807, 2.05) is 13.0 Å². The molecule has 1 aliphatic rings. The van der Waals surface area contributed by atoms with Crippen molar-refractivity contribution in [3.8, 4) is 28.2 Å². The zero-order valence-electron chi connectivity index (χ0n) is 25.1. The van der Waals surface area contributed by atoms with E-state index in [4.69, 9.17) is 4.98 Å². The van der Waals surface area contributed by atoms with Gasteiger partial charge in [0.15, 0.2) is 0 Å². The van der Waals surface area contributed by atoms with Crippen LogP contribution in [0.5, 0.6) is 0 Å². The highest BCUT2D eigenvalue weighted by atomic mass is 15.1. The van der Waals surface area contributed by atoms with Gasteiger partial charge < -0.3 is 0 Å². The molecule has 0 aliphatic heterocycles. The third-order valence-corrected chi connectivity index (χ3v) is 8.30. The average molecular weight is 567 g/mol. The van der Waals surface area contributed by atoms with Gasteiger partial charge in [-0.1, -0.05) is 127 Å². The van der Waals surface area contributed by atoms with Gasteiger partial charge in [0.05, 0.1) is 11.0 Å². The number of nitrogens with zero attached hydrogens (tertiary/aromatic N) is 2. The van der Waals surface area contributed by atoms with E-state index in [0.717, 1.165) is 34.5 Å². The lowest BCUT2D eigenvalue weighted by Gasteiger charge is -2.19. The van der Waals surface area contributed by atoms with Crippen LogP contribution in [0.1, 0.15) is 25.0 Å². The lowest BCUT2D eigenvalue weighted by atomic mass is 9.85. The number of aromatic nitrogens is 2. The molecule has 5 aromatic carbocycles. The van der Waals surface area contributed by atoms with Crippen molar-refractivity contribution in [3.63, 3.8) is 0 Å². The Bertz CT molecular complexity index is 2130. The summed E-state index contributed by atoms with van der Waals surface area (Å²) in [5.74, 6) is 0.948. The molecule has 0 atom stereocenters. The van der Waals surface area contributed by atoms with Crippen LogP contribution in [0.2, 0.25) is 0 Å². The predicted octanol–water partition coefficient (Wildman–Crippen LogP) is 11.1. The van der Waals surface area contributed by atoms with Crippen molar-refractivity contribution in [2.75, 3.05) is 0 Å². The molecule has 6 aromatic rings. The summed E-state index contributed by atoms with van der Waals surface area (Å²) in [4.78, 5) is 5.03. The lowest BCUT2D eigenvalue weighted by Crippen LogP contribution is -1.99.